The largest absolute Gasteiger partial charge is 0.478 e. The number of hydrogen-bond acceptors (Lipinski definition) is 8. The highest BCUT2D eigenvalue weighted by Gasteiger charge is 2.46. The molecule has 0 unspecified atom stereocenters. The predicted molar refractivity (Wildman–Crippen MR) is 127 cm³/mol. The van der Waals surface area contributed by atoms with Crippen molar-refractivity contribution in [3.63, 3.8) is 0 Å². The number of nitrogens with zero attached hydrogens (tertiary/aromatic N) is 3. The van der Waals surface area contributed by atoms with Crippen LogP contribution in [-0.4, -0.2) is 73.0 Å². The van der Waals surface area contributed by atoms with E-state index in [-0.39, 0.29) is 11.2 Å². The van der Waals surface area contributed by atoms with Gasteiger partial charge in [-0.1, -0.05) is 32.4 Å². The Hall–Kier alpha value is -2.69. The number of carboxylic acid groups (broad SMARTS) is 1. The maximum absolute atomic E-state index is 13.1. The molecule has 1 aliphatic rings. The van der Waals surface area contributed by atoms with E-state index in [0.717, 1.165) is 10.8 Å². The highest BCUT2D eigenvalue weighted by molar-refractivity contribution is 9.10. The first-order valence-electron chi connectivity index (χ1n) is 10.9. The SMILES string of the molecule is [2H]N(C(=O)C(C)(C)C)[C@H]1[C@H]([C@H](O)[C@H](O)CO)OC(C(=O)O)=C[C@@H]1n1nc2cc(Cl)c(Br)cc2c1C#N. The molecule has 13 heteroatoms. The van der Waals surface area contributed by atoms with E-state index in [2.05, 4.69) is 21.0 Å². The van der Waals surface area contributed by atoms with Crippen LogP contribution in [0.25, 0.3) is 10.9 Å². The zero-order chi connectivity index (χ0) is 27.1. The van der Waals surface area contributed by atoms with Gasteiger partial charge in [-0.05, 0) is 34.1 Å². The lowest BCUT2D eigenvalue weighted by molar-refractivity contribution is -0.148. The zero-order valence-electron chi connectivity index (χ0n) is 19.9. The van der Waals surface area contributed by atoms with Crippen molar-refractivity contribution in [1.29, 1.82) is 5.26 Å². The van der Waals surface area contributed by atoms with E-state index < -0.39 is 60.1 Å². The van der Waals surface area contributed by atoms with Crippen LogP contribution in [0.4, 0.5) is 0 Å². The molecule has 0 saturated heterocycles. The maximum atomic E-state index is 13.1. The minimum atomic E-state index is -1.91. The van der Waals surface area contributed by atoms with Crippen molar-refractivity contribution in [3.8, 4) is 6.07 Å². The van der Waals surface area contributed by atoms with E-state index in [1.54, 1.807) is 26.8 Å². The molecule has 1 aromatic heterocycles. The smallest absolute Gasteiger partial charge is 0.370 e. The van der Waals surface area contributed by atoms with Gasteiger partial charge in [0.25, 0.3) is 0 Å². The van der Waals surface area contributed by atoms with Gasteiger partial charge in [0, 0.05) is 15.3 Å². The van der Waals surface area contributed by atoms with E-state index in [4.69, 9.17) is 17.7 Å². The molecule has 3 rings (SSSR count). The number of carbonyl (C=O) groups excluding carboxylic acids is 1. The number of aromatic nitrogens is 2. The van der Waals surface area contributed by atoms with E-state index in [1.807, 2.05) is 6.07 Å². The fourth-order valence-electron chi connectivity index (χ4n) is 3.54. The van der Waals surface area contributed by atoms with E-state index >= 15 is 0 Å². The Morgan fingerprint density at radius 1 is 1.43 bits per heavy atom. The lowest BCUT2D eigenvalue weighted by atomic mass is 9.89. The molecule has 1 aliphatic heterocycles. The van der Waals surface area contributed by atoms with Gasteiger partial charge in [0.1, 0.15) is 30.1 Å². The molecule has 2 aromatic rings. The van der Waals surface area contributed by atoms with Crippen LogP contribution < -0.4 is 5.31 Å². The third kappa shape index (κ3) is 5.29. The number of hydrogen-bond donors (Lipinski definition) is 5. The summed E-state index contributed by atoms with van der Waals surface area (Å²) in [7, 11) is 0. The minimum Gasteiger partial charge on any atom is -0.478 e. The summed E-state index contributed by atoms with van der Waals surface area (Å²) in [5.41, 5.74) is -0.825. The van der Waals surface area contributed by atoms with Crippen molar-refractivity contribution in [2.75, 3.05) is 6.61 Å². The van der Waals surface area contributed by atoms with Crippen LogP contribution in [0, 0.1) is 16.7 Å². The van der Waals surface area contributed by atoms with Crippen LogP contribution in [0.5, 0.6) is 0 Å². The lowest BCUT2D eigenvalue weighted by Crippen LogP contribution is -2.60. The minimum absolute atomic E-state index is 0.0344. The number of amides is 1. The number of carbonyl (C=O) groups is 2. The molecule has 0 fully saturated rings. The Bertz CT molecular complexity index is 1270. The molecule has 35 heavy (non-hydrogen) atoms. The van der Waals surface area contributed by atoms with Gasteiger partial charge >= 0.3 is 5.97 Å². The van der Waals surface area contributed by atoms with Crippen molar-refractivity contribution in [3.05, 3.63) is 39.2 Å². The molecule has 188 valence electrons. The number of nitriles is 1. The summed E-state index contributed by atoms with van der Waals surface area (Å²) in [5, 5.41) is 55.5. The number of aliphatic carboxylic acids is 1. The molecule has 1 aromatic carbocycles. The normalized spacial score (nSPS) is 22.4. The quantitative estimate of drug-likeness (QED) is 0.343. The number of fused-ring (bicyclic) bond motifs is 1. The van der Waals surface area contributed by atoms with Crippen molar-refractivity contribution in [2.45, 2.75) is 51.2 Å². The highest BCUT2D eigenvalue weighted by Crippen LogP contribution is 2.35. The first kappa shape index (κ1) is 25.4. The summed E-state index contributed by atoms with van der Waals surface area (Å²) >= 11 is 9.46. The van der Waals surface area contributed by atoms with Crippen LogP contribution in [0.1, 0.15) is 32.5 Å². The van der Waals surface area contributed by atoms with Gasteiger partial charge in [-0.15, -0.1) is 0 Å². The van der Waals surface area contributed by atoms with E-state index in [9.17, 15) is 35.3 Å². The number of carboxylic acids is 1. The van der Waals surface area contributed by atoms with Crippen molar-refractivity contribution in [1.82, 2.24) is 15.1 Å². The number of rotatable bonds is 6. The van der Waals surface area contributed by atoms with Crippen molar-refractivity contribution < 1.29 is 36.2 Å². The molecule has 0 aliphatic carbocycles. The number of halogens is 2. The summed E-state index contributed by atoms with van der Waals surface area (Å²) < 4.78 is 15.7. The second-order valence-corrected chi connectivity index (χ2v) is 10.3. The second-order valence-electron chi connectivity index (χ2n) is 9.01. The van der Waals surface area contributed by atoms with Gasteiger partial charge in [0.2, 0.25) is 11.7 Å². The van der Waals surface area contributed by atoms with E-state index in [0.29, 0.717) is 20.2 Å². The Morgan fingerprint density at radius 2 is 2.09 bits per heavy atom. The monoisotopic (exact) mass is 571 g/mol. The number of ether oxygens (including phenoxy) is 1. The number of aliphatic hydroxyl groups excluding tert-OH is 3. The molecule has 11 nitrogen and oxygen atoms in total. The van der Waals surface area contributed by atoms with Gasteiger partial charge in [-0.2, -0.15) is 10.4 Å². The van der Waals surface area contributed by atoms with Gasteiger partial charge < -0.3 is 30.5 Å². The third-order valence-electron chi connectivity index (χ3n) is 5.43. The molecule has 0 saturated carbocycles. The van der Waals surface area contributed by atoms with Gasteiger partial charge in [0.05, 0.1) is 29.2 Å². The summed E-state index contributed by atoms with van der Waals surface area (Å²) in [6, 6.07) is 2.26. The second kappa shape index (κ2) is 10.1. The average molecular weight is 573 g/mol. The molecule has 0 spiro atoms. The molecule has 0 bridgehead atoms. The third-order valence-corrected chi connectivity index (χ3v) is 6.63. The number of nitrogens with one attached hydrogen (secondary N) is 1. The topological polar surface area (TPSA) is 178 Å². The average Bonchev–Trinajstić information content (AvgIpc) is 3.17. The highest BCUT2D eigenvalue weighted by atomic mass is 79.9. The Balaban J connectivity index is 2.32. The standard InChI is InChI=1S/C22H24BrClN4O7/c1-22(2,3)21(34)26-17-13(6-16(20(32)33)35-19(17)18(31)15(30)8-29)28-14(7-25)9-4-10(23)11(24)5-12(9)27-28/h4-6,13,15,17-19,29-31H,8H2,1-3H3,(H,26,34)(H,32,33)/t13-,15+,17+,18+,19+/m0/s1/i/hD. The first-order chi connectivity index (χ1) is 16.7. The van der Waals surface area contributed by atoms with Crippen molar-refractivity contribution in [2.24, 2.45) is 5.41 Å². The van der Waals surface area contributed by atoms with Crippen LogP contribution in [0.15, 0.2) is 28.4 Å². The summed E-state index contributed by atoms with van der Waals surface area (Å²) in [5.74, 6) is -2.91. The molecule has 1 amide bonds. The first-order valence-corrected chi connectivity index (χ1v) is 11.6. The summed E-state index contributed by atoms with van der Waals surface area (Å²) in [6.07, 6.45) is -4.31. The molecular formula is C22H24BrClN4O7. The molecule has 5 atom stereocenters. The fourth-order valence-corrected chi connectivity index (χ4v) is 4.04. The molecule has 0 radical (unpaired) electrons. The van der Waals surface area contributed by atoms with Crippen molar-refractivity contribution >= 4 is 50.3 Å². The predicted octanol–water partition coefficient (Wildman–Crippen LogP) is 1.48. The van der Waals surface area contributed by atoms with Gasteiger partial charge in [-0.3, -0.25) is 4.79 Å². The number of benzene rings is 1. The maximum Gasteiger partial charge on any atom is 0.370 e. The molecule has 2 heterocycles. The Kier molecular flexibility index (Phi) is 7.35. The summed E-state index contributed by atoms with van der Waals surface area (Å²) in [4.78, 5) is 25.0. The van der Waals surface area contributed by atoms with E-state index in [1.165, 1.54) is 6.07 Å². The van der Waals surface area contributed by atoms with Crippen LogP contribution >= 0.6 is 27.5 Å². The van der Waals surface area contributed by atoms with Crippen LogP contribution in [0.2, 0.25) is 6.43 Å². The summed E-state index contributed by atoms with van der Waals surface area (Å²) in [6.45, 7) is 3.77. The van der Waals surface area contributed by atoms with Gasteiger partial charge in [-0.25, -0.2) is 9.48 Å². The van der Waals surface area contributed by atoms with Gasteiger partial charge in [0.15, 0.2) is 1.41 Å². The molecular weight excluding hydrogens is 548 g/mol. The Morgan fingerprint density at radius 3 is 2.63 bits per heavy atom. The lowest BCUT2D eigenvalue weighted by Gasteiger charge is -2.41. The number of aliphatic hydroxyl groups is 3. The van der Waals surface area contributed by atoms with Crippen LogP contribution in [0.3, 0.4) is 0 Å². The Labute approximate surface area is 215 Å². The fraction of sp³-hybridized carbons (Fsp3) is 0.455. The zero-order valence-corrected chi connectivity index (χ0v) is 21.2. The molecule has 5 N–H and O–H groups in total. The van der Waals surface area contributed by atoms with Crippen LogP contribution in [-0.2, 0) is 14.3 Å².